The summed E-state index contributed by atoms with van der Waals surface area (Å²) >= 11 is 0. The molecule has 0 aliphatic rings. The second kappa shape index (κ2) is 4.27. The van der Waals surface area contributed by atoms with Crippen molar-refractivity contribution in [3.8, 4) is 11.5 Å². The predicted molar refractivity (Wildman–Crippen MR) is 63.7 cm³/mol. The van der Waals surface area contributed by atoms with Crippen molar-refractivity contribution in [1.82, 2.24) is 0 Å². The number of rotatable bonds is 2. The number of aromatic hydroxyl groups is 2. The average Bonchev–Trinajstić information content (AvgIpc) is 2.33. The summed E-state index contributed by atoms with van der Waals surface area (Å²) in [6, 6.07) is 15.0. The van der Waals surface area contributed by atoms with Crippen LogP contribution in [0.1, 0.15) is 24.0 Å². The molecule has 16 heavy (non-hydrogen) atoms. The van der Waals surface area contributed by atoms with Gasteiger partial charge >= 0.3 is 0 Å². The Hall–Kier alpha value is -1.96. The molecular weight excluding hydrogens is 200 g/mol. The minimum Gasteiger partial charge on any atom is -0.504 e. The lowest BCUT2D eigenvalue weighted by Gasteiger charge is -2.12. The molecule has 0 unspecified atom stereocenters. The SMILES string of the molecule is C[C@@H](c1ccccc1)c1ccc(O)c(O)c1. The van der Waals surface area contributed by atoms with Crippen LogP contribution in [0.25, 0.3) is 0 Å². The Morgan fingerprint density at radius 2 is 1.50 bits per heavy atom. The van der Waals surface area contributed by atoms with Crippen LogP contribution in [0.2, 0.25) is 0 Å². The summed E-state index contributed by atoms with van der Waals surface area (Å²) < 4.78 is 0. The number of hydrogen-bond donors (Lipinski definition) is 2. The van der Waals surface area contributed by atoms with Gasteiger partial charge in [0.2, 0.25) is 0 Å². The monoisotopic (exact) mass is 214 g/mol. The maximum absolute atomic E-state index is 9.45. The number of phenols is 2. The summed E-state index contributed by atoms with van der Waals surface area (Å²) in [6.07, 6.45) is 0. The topological polar surface area (TPSA) is 40.5 Å². The van der Waals surface area contributed by atoms with Gasteiger partial charge in [-0.1, -0.05) is 43.3 Å². The van der Waals surface area contributed by atoms with Crippen molar-refractivity contribution in [1.29, 1.82) is 0 Å². The summed E-state index contributed by atoms with van der Waals surface area (Å²) in [4.78, 5) is 0. The second-order valence-corrected chi connectivity index (χ2v) is 3.88. The van der Waals surface area contributed by atoms with Gasteiger partial charge in [0.05, 0.1) is 0 Å². The summed E-state index contributed by atoms with van der Waals surface area (Å²) in [5, 5.41) is 18.7. The molecule has 0 heterocycles. The van der Waals surface area contributed by atoms with E-state index in [2.05, 4.69) is 19.1 Å². The first-order valence-electron chi connectivity index (χ1n) is 5.25. The molecule has 2 N–H and O–H groups in total. The van der Waals surface area contributed by atoms with Crippen LogP contribution in [0.15, 0.2) is 48.5 Å². The van der Waals surface area contributed by atoms with E-state index in [0.29, 0.717) is 0 Å². The van der Waals surface area contributed by atoms with Gasteiger partial charge in [-0.05, 0) is 23.3 Å². The quantitative estimate of drug-likeness (QED) is 0.753. The van der Waals surface area contributed by atoms with E-state index in [1.165, 1.54) is 11.6 Å². The highest BCUT2D eigenvalue weighted by Gasteiger charge is 2.09. The van der Waals surface area contributed by atoms with E-state index >= 15 is 0 Å². The zero-order valence-corrected chi connectivity index (χ0v) is 9.09. The summed E-state index contributed by atoms with van der Waals surface area (Å²) in [7, 11) is 0. The van der Waals surface area contributed by atoms with Gasteiger partial charge in [0.15, 0.2) is 11.5 Å². The summed E-state index contributed by atoms with van der Waals surface area (Å²) in [5.74, 6) is 0.0528. The molecule has 0 saturated carbocycles. The Morgan fingerprint density at radius 3 is 2.12 bits per heavy atom. The zero-order chi connectivity index (χ0) is 11.5. The Balaban J connectivity index is 2.34. The number of phenolic OH excluding ortho intramolecular Hbond substituents is 2. The molecule has 2 heteroatoms. The highest BCUT2D eigenvalue weighted by molar-refractivity contribution is 5.43. The largest absolute Gasteiger partial charge is 0.504 e. The van der Waals surface area contributed by atoms with Crippen molar-refractivity contribution in [2.75, 3.05) is 0 Å². The lowest BCUT2D eigenvalue weighted by Crippen LogP contribution is -1.95. The van der Waals surface area contributed by atoms with Crippen LogP contribution >= 0.6 is 0 Å². The van der Waals surface area contributed by atoms with E-state index in [1.54, 1.807) is 6.07 Å². The molecule has 82 valence electrons. The third kappa shape index (κ3) is 2.01. The van der Waals surface area contributed by atoms with Gasteiger partial charge in [0, 0.05) is 5.92 Å². The van der Waals surface area contributed by atoms with E-state index in [0.717, 1.165) is 5.56 Å². The molecule has 0 aromatic heterocycles. The van der Waals surface area contributed by atoms with E-state index in [9.17, 15) is 10.2 Å². The predicted octanol–water partition coefficient (Wildman–Crippen LogP) is 3.25. The first-order valence-corrected chi connectivity index (χ1v) is 5.25. The molecule has 0 fully saturated rings. The second-order valence-electron chi connectivity index (χ2n) is 3.88. The van der Waals surface area contributed by atoms with Gasteiger partial charge < -0.3 is 10.2 Å². The van der Waals surface area contributed by atoms with Gasteiger partial charge in [-0.15, -0.1) is 0 Å². The Labute approximate surface area is 94.8 Å². The smallest absolute Gasteiger partial charge is 0.157 e. The van der Waals surface area contributed by atoms with E-state index in [-0.39, 0.29) is 17.4 Å². The van der Waals surface area contributed by atoms with E-state index < -0.39 is 0 Å². The van der Waals surface area contributed by atoms with Crippen LogP contribution in [-0.4, -0.2) is 10.2 Å². The Bertz CT molecular complexity index is 477. The Kier molecular flexibility index (Phi) is 2.82. The molecule has 0 aliphatic heterocycles. The van der Waals surface area contributed by atoms with Crippen molar-refractivity contribution in [3.63, 3.8) is 0 Å². The van der Waals surface area contributed by atoms with Crippen LogP contribution < -0.4 is 0 Å². The van der Waals surface area contributed by atoms with Crippen molar-refractivity contribution in [2.24, 2.45) is 0 Å². The molecule has 0 aliphatic carbocycles. The van der Waals surface area contributed by atoms with Crippen LogP contribution in [0.5, 0.6) is 11.5 Å². The number of hydrogen-bond acceptors (Lipinski definition) is 2. The van der Waals surface area contributed by atoms with Gasteiger partial charge in [-0.2, -0.15) is 0 Å². The zero-order valence-electron chi connectivity index (χ0n) is 9.09. The highest BCUT2D eigenvalue weighted by Crippen LogP contribution is 2.31. The first-order chi connectivity index (χ1) is 7.68. The Morgan fingerprint density at radius 1 is 0.812 bits per heavy atom. The average molecular weight is 214 g/mol. The molecule has 0 radical (unpaired) electrons. The highest BCUT2D eigenvalue weighted by atomic mass is 16.3. The molecule has 2 aromatic rings. The first kappa shape index (κ1) is 10.6. The molecule has 0 amide bonds. The fraction of sp³-hybridized carbons (Fsp3) is 0.143. The molecule has 0 bridgehead atoms. The van der Waals surface area contributed by atoms with Crippen molar-refractivity contribution in [2.45, 2.75) is 12.8 Å². The molecule has 2 aromatic carbocycles. The molecule has 0 saturated heterocycles. The molecule has 1 atom stereocenters. The maximum atomic E-state index is 9.45. The van der Waals surface area contributed by atoms with E-state index in [1.807, 2.05) is 24.3 Å². The van der Waals surface area contributed by atoms with Gasteiger partial charge in [-0.3, -0.25) is 0 Å². The lowest BCUT2D eigenvalue weighted by molar-refractivity contribution is 0.403. The van der Waals surface area contributed by atoms with Gasteiger partial charge in [0.25, 0.3) is 0 Å². The third-order valence-corrected chi connectivity index (χ3v) is 2.80. The van der Waals surface area contributed by atoms with E-state index in [4.69, 9.17) is 0 Å². The maximum Gasteiger partial charge on any atom is 0.157 e. The number of benzene rings is 2. The van der Waals surface area contributed by atoms with Gasteiger partial charge in [0.1, 0.15) is 0 Å². The molecule has 2 rings (SSSR count). The summed E-state index contributed by atoms with van der Waals surface area (Å²) in [5.41, 5.74) is 2.18. The lowest BCUT2D eigenvalue weighted by atomic mass is 9.93. The molecule has 0 spiro atoms. The van der Waals surface area contributed by atoms with Crippen molar-refractivity contribution in [3.05, 3.63) is 59.7 Å². The van der Waals surface area contributed by atoms with Crippen LogP contribution in [0.4, 0.5) is 0 Å². The van der Waals surface area contributed by atoms with Crippen molar-refractivity contribution < 1.29 is 10.2 Å². The van der Waals surface area contributed by atoms with Crippen LogP contribution in [0.3, 0.4) is 0 Å². The fourth-order valence-corrected chi connectivity index (χ4v) is 1.74. The minimum absolute atomic E-state index is 0.0692. The summed E-state index contributed by atoms with van der Waals surface area (Å²) in [6.45, 7) is 2.07. The van der Waals surface area contributed by atoms with Crippen LogP contribution in [0, 0.1) is 0 Å². The van der Waals surface area contributed by atoms with Gasteiger partial charge in [-0.25, -0.2) is 0 Å². The fourth-order valence-electron chi connectivity index (χ4n) is 1.74. The minimum atomic E-state index is -0.0796. The van der Waals surface area contributed by atoms with Crippen molar-refractivity contribution >= 4 is 0 Å². The molecule has 2 nitrogen and oxygen atoms in total. The normalized spacial score (nSPS) is 12.3. The standard InChI is InChI=1S/C14H14O2/c1-10(11-5-3-2-4-6-11)12-7-8-13(15)14(16)9-12/h2-10,15-16H,1H3/t10-/m0/s1. The van der Waals surface area contributed by atoms with Crippen LogP contribution in [-0.2, 0) is 0 Å². The third-order valence-electron chi connectivity index (χ3n) is 2.80. The molecular formula is C14H14O2.